The zero-order valence-corrected chi connectivity index (χ0v) is 6.83. The van der Waals surface area contributed by atoms with Gasteiger partial charge in [-0.25, -0.2) is 4.39 Å². The second-order valence-electron chi connectivity index (χ2n) is 2.63. The lowest BCUT2D eigenvalue weighted by molar-refractivity contribution is 0.699. The SMILES string of the molecule is NC/C(=C/F)Cc1ccccc1. The maximum absolute atomic E-state index is 12.1. The zero-order valence-electron chi connectivity index (χ0n) is 6.83. The molecule has 1 rings (SSSR count). The molecule has 0 saturated carbocycles. The van der Waals surface area contributed by atoms with Gasteiger partial charge >= 0.3 is 0 Å². The molecule has 0 aliphatic heterocycles. The second-order valence-corrected chi connectivity index (χ2v) is 2.63. The van der Waals surface area contributed by atoms with E-state index < -0.39 is 0 Å². The van der Waals surface area contributed by atoms with Gasteiger partial charge in [0.1, 0.15) is 0 Å². The number of benzene rings is 1. The molecule has 1 nitrogen and oxygen atoms in total. The topological polar surface area (TPSA) is 26.0 Å². The van der Waals surface area contributed by atoms with Gasteiger partial charge in [0, 0.05) is 6.54 Å². The summed E-state index contributed by atoms with van der Waals surface area (Å²) in [4.78, 5) is 0. The fourth-order valence-corrected chi connectivity index (χ4v) is 1.01. The van der Waals surface area contributed by atoms with Gasteiger partial charge in [0.2, 0.25) is 0 Å². The fourth-order valence-electron chi connectivity index (χ4n) is 1.01. The molecule has 1 aromatic rings. The van der Waals surface area contributed by atoms with Gasteiger partial charge in [-0.15, -0.1) is 0 Å². The van der Waals surface area contributed by atoms with E-state index in [1.807, 2.05) is 30.3 Å². The Bertz CT molecular complexity index is 254. The van der Waals surface area contributed by atoms with Gasteiger partial charge in [-0.1, -0.05) is 30.3 Å². The smallest absolute Gasteiger partial charge is 0.0875 e. The van der Waals surface area contributed by atoms with Crippen LogP contribution in [0.3, 0.4) is 0 Å². The van der Waals surface area contributed by atoms with Gasteiger partial charge in [-0.05, 0) is 17.6 Å². The van der Waals surface area contributed by atoms with E-state index in [2.05, 4.69) is 0 Å². The molecule has 0 unspecified atom stereocenters. The van der Waals surface area contributed by atoms with E-state index in [1.165, 1.54) is 0 Å². The molecule has 64 valence electrons. The van der Waals surface area contributed by atoms with Crippen LogP contribution in [0.2, 0.25) is 0 Å². The van der Waals surface area contributed by atoms with Crippen molar-refractivity contribution < 1.29 is 4.39 Å². The molecule has 0 amide bonds. The minimum absolute atomic E-state index is 0.283. The Morgan fingerprint density at radius 1 is 1.33 bits per heavy atom. The van der Waals surface area contributed by atoms with Crippen molar-refractivity contribution in [1.82, 2.24) is 0 Å². The van der Waals surface area contributed by atoms with Crippen LogP contribution < -0.4 is 5.73 Å². The molecular formula is C10H12FN. The van der Waals surface area contributed by atoms with Crippen molar-refractivity contribution in [2.24, 2.45) is 5.73 Å². The number of hydrogen-bond acceptors (Lipinski definition) is 1. The molecule has 0 heterocycles. The summed E-state index contributed by atoms with van der Waals surface area (Å²) in [5.41, 5.74) is 7.04. The third kappa shape index (κ3) is 2.47. The largest absolute Gasteiger partial charge is 0.327 e. The third-order valence-electron chi connectivity index (χ3n) is 1.69. The van der Waals surface area contributed by atoms with Gasteiger partial charge < -0.3 is 5.73 Å². The van der Waals surface area contributed by atoms with Crippen LogP contribution in [-0.4, -0.2) is 6.54 Å². The second kappa shape index (κ2) is 4.67. The minimum atomic E-state index is 0.283. The summed E-state index contributed by atoms with van der Waals surface area (Å²) in [5.74, 6) is 0. The lowest BCUT2D eigenvalue weighted by Crippen LogP contribution is -2.04. The third-order valence-corrected chi connectivity index (χ3v) is 1.69. The molecule has 0 aliphatic carbocycles. The molecule has 1 aromatic carbocycles. The molecule has 0 radical (unpaired) electrons. The van der Waals surface area contributed by atoms with Crippen molar-refractivity contribution in [3.05, 3.63) is 47.8 Å². The highest BCUT2D eigenvalue weighted by Gasteiger charge is 1.96. The number of rotatable bonds is 3. The van der Waals surface area contributed by atoms with Crippen molar-refractivity contribution in [3.8, 4) is 0 Å². The van der Waals surface area contributed by atoms with Crippen LogP contribution in [0.5, 0.6) is 0 Å². The van der Waals surface area contributed by atoms with Crippen LogP contribution >= 0.6 is 0 Å². The summed E-state index contributed by atoms with van der Waals surface area (Å²) in [6.45, 7) is 0.283. The molecule has 0 fully saturated rings. The van der Waals surface area contributed by atoms with Crippen LogP contribution in [0.25, 0.3) is 0 Å². The van der Waals surface area contributed by atoms with E-state index in [-0.39, 0.29) is 6.54 Å². The molecule has 0 saturated heterocycles. The quantitative estimate of drug-likeness (QED) is 0.728. The fraction of sp³-hybridized carbons (Fsp3) is 0.200. The monoisotopic (exact) mass is 165 g/mol. The van der Waals surface area contributed by atoms with Gasteiger partial charge in [-0.2, -0.15) is 0 Å². The Balaban J connectivity index is 2.64. The summed E-state index contributed by atoms with van der Waals surface area (Å²) in [7, 11) is 0. The number of hydrogen-bond donors (Lipinski definition) is 1. The van der Waals surface area contributed by atoms with E-state index in [1.54, 1.807) is 0 Å². The van der Waals surface area contributed by atoms with Crippen molar-refractivity contribution in [2.45, 2.75) is 6.42 Å². The van der Waals surface area contributed by atoms with Crippen molar-refractivity contribution >= 4 is 0 Å². The first kappa shape index (κ1) is 8.94. The van der Waals surface area contributed by atoms with Gasteiger partial charge in [0.05, 0.1) is 6.33 Å². The molecule has 0 spiro atoms. The average molecular weight is 165 g/mol. The molecular weight excluding hydrogens is 153 g/mol. The first-order valence-corrected chi connectivity index (χ1v) is 3.89. The Labute approximate surface area is 71.7 Å². The lowest BCUT2D eigenvalue weighted by atomic mass is 10.1. The highest BCUT2D eigenvalue weighted by atomic mass is 19.1. The summed E-state index contributed by atoms with van der Waals surface area (Å²) < 4.78 is 12.1. The van der Waals surface area contributed by atoms with E-state index in [0.717, 1.165) is 5.56 Å². The number of nitrogens with two attached hydrogens (primary N) is 1. The predicted molar refractivity (Wildman–Crippen MR) is 48.4 cm³/mol. The highest BCUT2D eigenvalue weighted by molar-refractivity contribution is 5.21. The summed E-state index contributed by atoms with van der Waals surface area (Å²) in [5, 5.41) is 0. The normalized spacial score (nSPS) is 11.7. The highest BCUT2D eigenvalue weighted by Crippen LogP contribution is 2.06. The van der Waals surface area contributed by atoms with Crippen molar-refractivity contribution in [2.75, 3.05) is 6.54 Å². The maximum Gasteiger partial charge on any atom is 0.0875 e. The van der Waals surface area contributed by atoms with Gasteiger partial charge in [0.25, 0.3) is 0 Å². The predicted octanol–water partition coefficient (Wildman–Crippen LogP) is 2.04. The summed E-state index contributed by atoms with van der Waals surface area (Å²) in [6.07, 6.45) is 1.20. The molecule has 12 heavy (non-hydrogen) atoms. The van der Waals surface area contributed by atoms with E-state index in [4.69, 9.17) is 5.73 Å². The molecule has 0 aliphatic rings. The van der Waals surface area contributed by atoms with Crippen LogP contribution in [0, 0.1) is 0 Å². The van der Waals surface area contributed by atoms with Gasteiger partial charge in [0.15, 0.2) is 0 Å². The Morgan fingerprint density at radius 2 is 2.00 bits per heavy atom. The molecule has 2 heteroatoms. The van der Waals surface area contributed by atoms with E-state index in [9.17, 15) is 4.39 Å². The molecule has 0 aromatic heterocycles. The average Bonchev–Trinajstić information content (AvgIpc) is 2.16. The zero-order chi connectivity index (χ0) is 8.81. The van der Waals surface area contributed by atoms with Gasteiger partial charge in [-0.3, -0.25) is 0 Å². The maximum atomic E-state index is 12.1. The summed E-state index contributed by atoms with van der Waals surface area (Å²) >= 11 is 0. The van der Waals surface area contributed by atoms with Crippen molar-refractivity contribution in [3.63, 3.8) is 0 Å². The van der Waals surface area contributed by atoms with Crippen LogP contribution in [0.1, 0.15) is 5.56 Å². The van der Waals surface area contributed by atoms with E-state index >= 15 is 0 Å². The Morgan fingerprint density at radius 3 is 2.50 bits per heavy atom. The van der Waals surface area contributed by atoms with Crippen LogP contribution in [0.4, 0.5) is 4.39 Å². The van der Waals surface area contributed by atoms with E-state index in [0.29, 0.717) is 18.3 Å². The van der Waals surface area contributed by atoms with Crippen LogP contribution in [0.15, 0.2) is 42.2 Å². The Hall–Kier alpha value is -1.15. The first-order chi connectivity index (χ1) is 5.86. The Kier molecular flexibility index (Phi) is 3.48. The standard InChI is InChI=1S/C10H12FN/c11-7-10(8-12)6-9-4-2-1-3-5-9/h1-5,7H,6,8,12H2/b10-7+. The summed E-state index contributed by atoms with van der Waals surface area (Å²) in [6, 6.07) is 9.71. The molecule has 0 atom stereocenters. The molecule has 0 bridgehead atoms. The molecule has 2 N–H and O–H groups in total. The van der Waals surface area contributed by atoms with Crippen LogP contribution in [-0.2, 0) is 6.42 Å². The minimum Gasteiger partial charge on any atom is -0.327 e. The number of halogens is 1. The van der Waals surface area contributed by atoms with Crippen molar-refractivity contribution in [1.29, 1.82) is 0 Å². The lowest BCUT2D eigenvalue weighted by Gasteiger charge is -2.01. The first-order valence-electron chi connectivity index (χ1n) is 3.89.